The molecular weight excluding hydrogens is 392 g/mol. The van der Waals surface area contributed by atoms with Crippen LogP contribution in [0.1, 0.15) is 48.7 Å². The number of benzene rings is 1. The Hall–Kier alpha value is -1.89. The molecule has 5 nitrogen and oxygen atoms in total. The number of ether oxygens (including phenoxy) is 1. The average Bonchev–Trinajstić information content (AvgIpc) is 3.29. The third-order valence-corrected chi connectivity index (χ3v) is 6.58. The van der Waals surface area contributed by atoms with Gasteiger partial charge >= 0.3 is 0 Å². The van der Waals surface area contributed by atoms with Crippen molar-refractivity contribution < 1.29 is 4.74 Å². The summed E-state index contributed by atoms with van der Waals surface area (Å²) in [5, 5.41) is 9.20. The molecule has 0 bridgehead atoms. The van der Waals surface area contributed by atoms with Crippen LogP contribution in [0.15, 0.2) is 46.8 Å². The summed E-state index contributed by atoms with van der Waals surface area (Å²) < 4.78 is 5.47. The molecule has 1 fully saturated rings. The van der Waals surface area contributed by atoms with Crippen LogP contribution in [0.3, 0.4) is 0 Å². The van der Waals surface area contributed by atoms with E-state index >= 15 is 0 Å². The molecule has 1 aliphatic rings. The average molecular weight is 429 g/mol. The maximum absolute atomic E-state index is 5.47. The Bertz CT molecular complexity index is 760. The molecule has 0 radical (unpaired) electrons. The van der Waals surface area contributed by atoms with Gasteiger partial charge in [-0.3, -0.25) is 4.90 Å². The molecule has 2 N–H and O–H groups in total. The number of nitrogens with one attached hydrogen (secondary N) is 2. The normalized spacial score (nSPS) is 20.3. The molecule has 0 spiro atoms. The Kier molecular flexibility index (Phi) is 9.18. The predicted octanol–water partition coefficient (Wildman–Crippen LogP) is 4.42. The minimum absolute atomic E-state index is 0.493. The summed E-state index contributed by atoms with van der Waals surface area (Å²) >= 11 is 1.87. The van der Waals surface area contributed by atoms with Gasteiger partial charge < -0.3 is 15.4 Å². The predicted molar refractivity (Wildman–Crippen MR) is 127 cm³/mol. The van der Waals surface area contributed by atoms with Gasteiger partial charge in [-0.1, -0.05) is 30.3 Å². The minimum Gasteiger partial charge on any atom is -0.377 e. The second-order valence-electron chi connectivity index (χ2n) is 7.87. The highest BCUT2D eigenvalue weighted by molar-refractivity contribution is 7.10. The first-order valence-electron chi connectivity index (χ1n) is 11.1. The number of piperidine rings is 1. The number of likely N-dealkylation sites (tertiary alicyclic amines) is 1. The molecule has 1 aromatic heterocycles. The molecule has 164 valence electrons. The van der Waals surface area contributed by atoms with Crippen molar-refractivity contribution in [2.24, 2.45) is 10.9 Å². The van der Waals surface area contributed by atoms with E-state index in [4.69, 9.17) is 9.73 Å². The van der Waals surface area contributed by atoms with E-state index < -0.39 is 0 Å². The molecule has 0 saturated carbocycles. The monoisotopic (exact) mass is 428 g/mol. The second-order valence-corrected chi connectivity index (χ2v) is 8.85. The molecule has 6 heteroatoms. The summed E-state index contributed by atoms with van der Waals surface area (Å²) in [6.07, 6.45) is 2.51. The van der Waals surface area contributed by atoms with E-state index in [2.05, 4.69) is 71.3 Å². The standard InChI is InChI=1S/C24H36N4OS/c1-4-25-24(26-16-19-10-12-20(13-11-19)18-29-5-2)27-17-21-8-6-14-28(3)23(21)22-9-7-15-30-22/h7,9-13,15,21,23H,4-6,8,14,16-18H2,1-3H3,(H2,25,26,27). The molecule has 3 rings (SSSR count). The summed E-state index contributed by atoms with van der Waals surface area (Å²) in [5.74, 6) is 1.48. The van der Waals surface area contributed by atoms with Crippen molar-refractivity contribution in [3.8, 4) is 0 Å². The van der Waals surface area contributed by atoms with Gasteiger partial charge in [0.2, 0.25) is 0 Å². The SMILES string of the molecule is CCNC(=NCc1ccc(COCC)cc1)NCC1CCCN(C)C1c1cccs1. The topological polar surface area (TPSA) is 48.9 Å². The lowest BCUT2D eigenvalue weighted by molar-refractivity contribution is 0.125. The number of guanidine groups is 1. The van der Waals surface area contributed by atoms with Crippen LogP contribution in [0, 0.1) is 5.92 Å². The van der Waals surface area contributed by atoms with E-state index in [-0.39, 0.29) is 0 Å². The van der Waals surface area contributed by atoms with Crippen LogP contribution in [-0.2, 0) is 17.9 Å². The van der Waals surface area contributed by atoms with E-state index in [1.807, 2.05) is 18.3 Å². The summed E-state index contributed by atoms with van der Waals surface area (Å²) in [4.78, 5) is 8.80. The van der Waals surface area contributed by atoms with Crippen molar-refractivity contribution in [2.75, 3.05) is 33.3 Å². The second kappa shape index (κ2) is 12.1. The molecule has 1 saturated heterocycles. The first-order chi connectivity index (χ1) is 14.7. The number of hydrogen-bond donors (Lipinski definition) is 2. The van der Waals surface area contributed by atoms with Crippen LogP contribution < -0.4 is 10.6 Å². The molecule has 2 aromatic rings. The van der Waals surface area contributed by atoms with Gasteiger partial charge in [-0.15, -0.1) is 11.3 Å². The molecular formula is C24H36N4OS. The van der Waals surface area contributed by atoms with E-state index in [1.165, 1.54) is 35.4 Å². The first kappa shape index (κ1) is 22.8. The molecule has 1 aromatic carbocycles. The zero-order valence-electron chi connectivity index (χ0n) is 18.6. The maximum Gasteiger partial charge on any atom is 0.191 e. The third kappa shape index (κ3) is 6.56. The maximum atomic E-state index is 5.47. The van der Waals surface area contributed by atoms with Crippen LogP contribution in [-0.4, -0.2) is 44.1 Å². The van der Waals surface area contributed by atoms with Crippen LogP contribution >= 0.6 is 11.3 Å². The number of thiophene rings is 1. The zero-order valence-corrected chi connectivity index (χ0v) is 19.4. The van der Waals surface area contributed by atoms with Gasteiger partial charge in [0, 0.05) is 30.6 Å². The Balaban J connectivity index is 1.59. The number of hydrogen-bond acceptors (Lipinski definition) is 4. The molecule has 2 atom stereocenters. The Morgan fingerprint density at radius 2 is 1.97 bits per heavy atom. The van der Waals surface area contributed by atoms with Crippen molar-refractivity contribution in [2.45, 2.75) is 45.9 Å². The first-order valence-corrected chi connectivity index (χ1v) is 12.0. The van der Waals surface area contributed by atoms with Gasteiger partial charge in [0.25, 0.3) is 0 Å². The quantitative estimate of drug-likeness (QED) is 0.458. The highest BCUT2D eigenvalue weighted by atomic mass is 32.1. The van der Waals surface area contributed by atoms with Crippen molar-refractivity contribution in [3.05, 3.63) is 57.8 Å². The lowest BCUT2D eigenvalue weighted by Gasteiger charge is -2.39. The smallest absolute Gasteiger partial charge is 0.191 e. The highest BCUT2D eigenvalue weighted by Crippen LogP contribution is 2.36. The van der Waals surface area contributed by atoms with Crippen LogP contribution in [0.2, 0.25) is 0 Å². The largest absolute Gasteiger partial charge is 0.377 e. The number of aliphatic imine (C=N–C) groups is 1. The number of rotatable bonds is 9. The summed E-state index contributed by atoms with van der Waals surface area (Å²) in [7, 11) is 2.26. The fourth-order valence-corrected chi connectivity index (χ4v) is 5.07. The Labute approximate surface area is 185 Å². The van der Waals surface area contributed by atoms with Crippen LogP contribution in [0.5, 0.6) is 0 Å². The summed E-state index contributed by atoms with van der Waals surface area (Å²) in [6.45, 7) is 9.19. The van der Waals surface area contributed by atoms with Crippen LogP contribution in [0.25, 0.3) is 0 Å². The molecule has 2 unspecified atom stereocenters. The van der Waals surface area contributed by atoms with Gasteiger partial charge in [-0.2, -0.15) is 0 Å². The highest BCUT2D eigenvalue weighted by Gasteiger charge is 2.31. The minimum atomic E-state index is 0.493. The zero-order chi connectivity index (χ0) is 21.2. The van der Waals surface area contributed by atoms with E-state index in [1.54, 1.807) is 0 Å². The van der Waals surface area contributed by atoms with Gasteiger partial charge in [-0.25, -0.2) is 4.99 Å². The van der Waals surface area contributed by atoms with Crippen molar-refractivity contribution >= 4 is 17.3 Å². The summed E-state index contributed by atoms with van der Waals surface area (Å²) in [6, 6.07) is 13.5. The van der Waals surface area contributed by atoms with E-state index in [0.29, 0.717) is 25.1 Å². The van der Waals surface area contributed by atoms with E-state index in [0.717, 1.165) is 25.7 Å². The lowest BCUT2D eigenvalue weighted by Crippen LogP contribution is -2.44. The molecule has 0 amide bonds. The third-order valence-electron chi connectivity index (χ3n) is 5.63. The van der Waals surface area contributed by atoms with Gasteiger partial charge in [0.05, 0.1) is 13.2 Å². The molecule has 30 heavy (non-hydrogen) atoms. The molecule has 0 aliphatic carbocycles. The fraction of sp³-hybridized carbons (Fsp3) is 0.542. The van der Waals surface area contributed by atoms with Gasteiger partial charge in [-0.05, 0) is 68.8 Å². The van der Waals surface area contributed by atoms with Gasteiger partial charge in [0.1, 0.15) is 0 Å². The van der Waals surface area contributed by atoms with Gasteiger partial charge in [0.15, 0.2) is 5.96 Å². The summed E-state index contributed by atoms with van der Waals surface area (Å²) in [5.41, 5.74) is 2.41. The molecule has 2 heterocycles. The van der Waals surface area contributed by atoms with E-state index in [9.17, 15) is 0 Å². The van der Waals surface area contributed by atoms with Crippen molar-refractivity contribution in [1.82, 2.24) is 15.5 Å². The number of nitrogens with zero attached hydrogens (tertiary/aromatic N) is 2. The Morgan fingerprint density at radius 3 is 2.67 bits per heavy atom. The van der Waals surface area contributed by atoms with Crippen molar-refractivity contribution in [1.29, 1.82) is 0 Å². The van der Waals surface area contributed by atoms with Crippen LogP contribution in [0.4, 0.5) is 0 Å². The Morgan fingerprint density at radius 1 is 1.17 bits per heavy atom. The molecule has 1 aliphatic heterocycles. The van der Waals surface area contributed by atoms with Crippen molar-refractivity contribution in [3.63, 3.8) is 0 Å². The fourth-order valence-electron chi connectivity index (χ4n) is 4.08. The lowest BCUT2D eigenvalue weighted by atomic mass is 9.88.